The molecule has 0 unspecified atom stereocenters. The lowest BCUT2D eigenvalue weighted by molar-refractivity contribution is -0.116. The van der Waals surface area contributed by atoms with Crippen molar-refractivity contribution in [1.29, 1.82) is 0 Å². The molecule has 1 aromatic carbocycles. The van der Waals surface area contributed by atoms with Crippen LogP contribution in [-0.2, 0) is 16.0 Å². The third kappa shape index (κ3) is 4.72. The quantitative estimate of drug-likeness (QED) is 0.831. The van der Waals surface area contributed by atoms with E-state index in [0.29, 0.717) is 17.7 Å². The molecule has 0 spiro atoms. The van der Waals surface area contributed by atoms with Crippen molar-refractivity contribution in [3.05, 3.63) is 52.2 Å². The van der Waals surface area contributed by atoms with Crippen molar-refractivity contribution in [2.75, 3.05) is 12.4 Å². The lowest BCUT2D eigenvalue weighted by Crippen LogP contribution is -2.12. The second-order valence-corrected chi connectivity index (χ2v) is 5.59. The van der Waals surface area contributed by atoms with E-state index in [1.54, 1.807) is 35.6 Å². The molecule has 0 fully saturated rings. The zero-order valence-electron chi connectivity index (χ0n) is 11.8. The van der Waals surface area contributed by atoms with Crippen molar-refractivity contribution in [2.45, 2.75) is 19.3 Å². The lowest BCUT2D eigenvalue weighted by Gasteiger charge is -2.06. The highest BCUT2D eigenvalue weighted by atomic mass is 32.1. The molecule has 0 bridgehead atoms. The lowest BCUT2D eigenvalue weighted by atomic mass is 10.2. The van der Waals surface area contributed by atoms with E-state index in [4.69, 9.17) is 0 Å². The predicted molar refractivity (Wildman–Crippen MR) is 83.7 cm³/mol. The van der Waals surface area contributed by atoms with E-state index in [0.717, 1.165) is 12.8 Å². The number of esters is 1. The Hall–Kier alpha value is -2.14. The molecule has 1 N–H and O–H groups in total. The summed E-state index contributed by atoms with van der Waals surface area (Å²) >= 11 is 1.70. The largest absolute Gasteiger partial charge is 0.465 e. The van der Waals surface area contributed by atoms with Crippen molar-refractivity contribution in [3.63, 3.8) is 0 Å². The molecule has 0 atom stereocenters. The molecule has 0 saturated heterocycles. The number of hydrogen-bond donors (Lipinski definition) is 1. The van der Waals surface area contributed by atoms with Crippen LogP contribution >= 0.6 is 11.3 Å². The number of benzene rings is 1. The van der Waals surface area contributed by atoms with E-state index >= 15 is 0 Å². The van der Waals surface area contributed by atoms with Crippen molar-refractivity contribution in [3.8, 4) is 0 Å². The van der Waals surface area contributed by atoms with Crippen LogP contribution < -0.4 is 5.32 Å². The van der Waals surface area contributed by atoms with Gasteiger partial charge in [-0.2, -0.15) is 0 Å². The number of aryl methyl sites for hydroxylation is 1. The smallest absolute Gasteiger partial charge is 0.337 e. The molecule has 21 heavy (non-hydrogen) atoms. The summed E-state index contributed by atoms with van der Waals surface area (Å²) in [7, 11) is 1.33. The first-order valence-corrected chi connectivity index (χ1v) is 7.57. The predicted octanol–water partition coefficient (Wildman–Crippen LogP) is 3.50. The maximum absolute atomic E-state index is 11.9. The van der Waals surface area contributed by atoms with Gasteiger partial charge in [0.25, 0.3) is 0 Å². The standard InChI is InChI=1S/C16H17NO3S/c1-20-16(19)12-5-2-6-13(11-12)17-15(18)9-3-7-14-8-4-10-21-14/h2,4-6,8,10-11H,3,7,9H2,1H3,(H,17,18). The van der Waals surface area contributed by atoms with E-state index in [1.807, 2.05) is 11.4 Å². The van der Waals surface area contributed by atoms with Crippen LogP contribution in [0.2, 0.25) is 0 Å². The summed E-state index contributed by atoms with van der Waals surface area (Å²) in [6.07, 6.45) is 2.18. The Morgan fingerprint density at radius 2 is 2.10 bits per heavy atom. The zero-order chi connectivity index (χ0) is 15.1. The Labute approximate surface area is 127 Å². The molecule has 5 heteroatoms. The SMILES string of the molecule is COC(=O)c1cccc(NC(=O)CCCc2cccs2)c1. The highest BCUT2D eigenvalue weighted by Gasteiger charge is 2.07. The van der Waals surface area contributed by atoms with Crippen molar-refractivity contribution in [2.24, 2.45) is 0 Å². The van der Waals surface area contributed by atoms with E-state index in [1.165, 1.54) is 12.0 Å². The third-order valence-electron chi connectivity index (χ3n) is 2.97. The molecular weight excluding hydrogens is 286 g/mol. The molecule has 0 aliphatic heterocycles. The monoisotopic (exact) mass is 303 g/mol. The van der Waals surface area contributed by atoms with Crippen molar-refractivity contribution in [1.82, 2.24) is 0 Å². The van der Waals surface area contributed by atoms with Gasteiger partial charge < -0.3 is 10.1 Å². The van der Waals surface area contributed by atoms with Crippen molar-refractivity contribution < 1.29 is 14.3 Å². The van der Waals surface area contributed by atoms with Gasteiger partial charge in [0.2, 0.25) is 5.91 Å². The van der Waals surface area contributed by atoms with Gasteiger partial charge in [0, 0.05) is 17.0 Å². The third-order valence-corrected chi connectivity index (χ3v) is 3.91. The number of thiophene rings is 1. The minimum atomic E-state index is -0.413. The molecule has 110 valence electrons. The summed E-state index contributed by atoms with van der Waals surface area (Å²) in [5, 5.41) is 4.83. The maximum Gasteiger partial charge on any atom is 0.337 e. The summed E-state index contributed by atoms with van der Waals surface area (Å²) in [6.45, 7) is 0. The number of carbonyl (C=O) groups is 2. The molecule has 0 saturated carbocycles. The van der Waals surface area contributed by atoms with Gasteiger partial charge in [-0.3, -0.25) is 4.79 Å². The first-order valence-electron chi connectivity index (χ1n) is 6.69. The first kappa shape index (κ1) is 15.3. The van der Waals surface area contributed by atoms with E-state index < -0.39 is 5.97 Å². The second-order valence-electron chi connectivity index (χ2n) is 4.55. The van der Waals surface area contributed by atoms with Gasteiger partial charge in [0.05, 0.1) is 12.7 Å². The second kappa shape index (κ2) is 7.59. The zero-order valence-corrected chi connectivity index (χ0v) is 12.6. The van der Waals surface area contributed by atoms with Gasteiger partial charge in [0.15, 0.2) is 0 Å². The van der Waals surface area contributed by atoms with Crippen LogP contribution in [0.15, 0.2) is 41.8 Å². The van der Waals surface area contributed by atoms with Crippen LogP contribution in [0.1, 0.15) is 28.1 Å². The van der Waals surface area contributed by atoms with E-state index in [-0.39, 0.29) is 5.91 Å². The van der Waals surface area contributed by atoms with Gasteiger partial charge in [-0.25, -0.2) is 4.79 Å². The Kier molecular flexibility index (Phi) is 5.51. The molecule has 1 aromatic heterocycles. The summed E-state index contributed by atoms with van der Waals surface area (Å²) in [4.78, 5) is 24.6. The number of carbonyl (C=O) groups excluding carboxylic acids is 2. The Balaban J connectivity index is 1.83. The Morgan fingerprint density at radius 1 is 1.24 bits per heavy atom. The van der Waals surface area contributed by atoms with Crippen LogP contribution in [0.5, 0.6) is 0 Å². The highest BCUT2D eigenvalue weighted by molar-refractivity contribution is 7.09. The van der Waals surface area contributed by atoms with Gasteiger partial charge in [-0.15, -0.1) is 11.3 Å². The number of amides is 1. The average molecular weight is 303 g/mol. The maximum atomic E-state index is 11.9. The molecule has 2 rings (SSSR count). The molecule has 1 amide bonds. The summed E-state index contributed by atoms with van der Waals surface area (Å²) in [6, 6.07) is 10.8. The molecular formula is C16H17NO3S. The summed E-state index contributed by atoms with van der Waals surface area (Å²) in [5.41, 5.74) is 1.04. The number of rotatable bonds is 6. The minimum absolute atomic E-state index is 0.0476. The van der Waals surface area contributed by atoms with Gasteiger partial charge in [-0.05, 0) is 42.5 Å². The number of hydrogen-bond acceptors (Lipinski definition) is 4. The number of anilines is 1. The van der Waals surface area contributed by atoms with Crippen LogP contribution in [0.3, 0.4) is 0 Å². The van der Waals surface area contributed by atoms with Gasteiger partial charge in [-0.1, -0.05) is 12.1 Å². The molecule has 4 nitrogen and oxygen atoms in total. The van der Waals surface area contributed by atoms with Crippen LogP contribution in [0.25, 0.3) is 0 Å². The molecule has 2 aromatic rings. The minimum Gasteiger partial charge on any atom is -0.465 e. The summed E-state index contributed by atoms with van der Waals surface area (Å²) < 4.78 is 4.65. The van der Waals surface area contributed by atoms with Crippen LogP contribution in [0.4, 0.5) is 5.69 Å². The highest BCUT2D eigenvalue weighted by Crippen LogP contribution is 2.14. The molecule has 0 aliphatic rings. The molecule has 0 aliphatic carbocycles. The van der Waals surface area contributed by atoms with E-state index in [2.05, 4.69) is 16.1 Å². The Morgan fingerprint density at radius 3 is 2.81 bits per heavy atom. The van der Waals surface area contributed by atoms with Crippen molar-refractivity contribution >= 4 is 28.9 Å². The normalized spacial score (nSPS) is 10.1. The van der Waals surface area contributed by atoms with E-state index in [9.17, 15) is 9.59 Å². The average Bonchev–Trinajstić information content (AvgIpc) is 3.00. The fraction of sp³-hybridized carbons (Fsp3) is 0.250. The van der Waals surface area contributed by atoms with Crippen LogP contribution in [-0.4, -0.2) is 19.0 Å². The van der Waals surface area contributed by atoms with Crippen LogP contribution in [0, 0.1) is 0 Å². The summed E-state index contributed by atoms with van der Waals surface area (Å²) in [5.74, 6) is -0.461. The number of ether oxygens (including phenoxy) is 1. The van der Waals surface area contributed by atoms with Gasteiger partial charge in [0.1, 0.15) is 0 Å². The fourth-order valence-corrected chi connectivity index (χ4v) is 2.69. The van der Waals surface area contributed by atoms with Gasteiger partial charge >= 0.3 is 5.97 Å². The topological polar surface area (TPSA) is 55.4 Å². The number of methoxy groups -OCH3 is 1. The molecule has 0 radical (unpaired) electrons. The fourth-order valence-electron chi connectivity index (χ4n) is 1.94. The molecule has 1 heterocycles. The number of nitrogens with one attached hydrogen (secondary N) is 1. The first-order chi connectivity index (χ1) is 10.2. The Bertz CT molecular complexity index is 608.